The first kappa shape index (κ1) is 13.6. The number of benzene rings is 1. The third-order valence-corrected chi connectivity index (χ3v) is 3.55. The highest BCUT2D eigenvalue weighted by molar-refractivity contribution is 5.71. The van der Waals surface area contributed by atoms with Crippen molar-refractivity contribution in [3.63, 3.8) is 0 Å². The fourth-order valence-electron chi connectivity index (χ4n) is 2.61. The summed E-state index contributed by atoms with van der Waals surface area (Å²) in [5.41, 5.74) is 12.4. The van der Waals surface area contributed by atoms with E-state index in [1.165, 1.54) is 0 Å². The molecule has 2 rings (SSSR count). The number of nitrogens with zero attached hydrogens (tertiary/aromatic N) is 2. The average Bonchev–Trinajstić information content (AvgIpc) is 2.65. The first-order valence-corrected chi connectivity index (χ1v) is 6.37. The SMILES string of the molecule is COc1c(C)cc(-c2c(CN)nn(C)c2C)cc1C. The van der Waals surface area contributed by atoms with Crippen LogP contribution in [0.5, 0.6) is 5.75 Å². The van der Waals surface area contributed by atoms with Gasteiger partial charge in [-0.2, -0.15) is 5.10 Å². The summed E-state index contributed by atoms with van der Waals surface area (Å²) in [6.45, 7) is 6.63. The zero-order valence-electron chi connectivity index (χ0n) is 12.2. The van der Waals surface area contributed by atoms with Crippen LogP contribution in [0.15, 0.2) is 12.1 Å². The Bertz CT molecular complexity index is 591. The van der Waals surface area contributed by atoms with Crippen LogP contribution in [-0.4, -0.2) is 16.9 Å². The summed E-state index contributed by atoms with van der Waals surface area (Å²) in [5, 5.41) is 4.47. The van der Waals surface area contributed by atoms with Gasteiger partial charge in [0.2, 0.25) is 0 Å². The van der Waals surface area contributed by atoms with Gasteiger partial charge < -0.3 is 10.5 Å². The summed E-state index contributed by atoms with van der Waals surface area (Å²) in [5.74, 6) is 0.944. The molecule has 0 radical (unpaired) electrons. The van der Waals surface area contributed by atoms with Crippen LogP contribution in [0, 0.1) is 20.8 Å². The maximum Gasteiger partial charge on any atom is 0.124 e. The van der Waals surface area contributed by atoms with E-state index in [9.17, 15) is 0 Å². The van der Waals surface area contributed by atoms with Crippen LogP contribution in [0.4, 0.5) is 0 Å². The molecule has 1 heterocycles. The Hall–Kier alpha value is -1.81. The van der Waals surface area contributed by atoms with Crippen LogP contribution in [0.1, 0.15) is 22.5 Å². The normalized spacial score (nSPS) is 10.8. The van der Waals surface area contributed by atoms with Crippen molar-refractivity contribution in [1.82, 2.24) is 9.78 Å². The smallest absolute Gasteiger partial charge is 0.124 e. The molecule has 0 aliphatic carbocycles. The highest BCUT2D eigenvalue weighted by atomic mass is 16.5. The Morgan fingerprint density at radius 1 is 1.21 bits per heavy atom. The third kappa shape index (κ3) is 2.24. The van der Waals surface area contributed by atoms with E-state index in [1.807, 2.05) is 11.7 Å². The minimum Gasteiger partial charge on any atom is -0.496 e. The van der Waals surface area contributed by atoms with Crippen molar-refractivity contribution in [2.45, 2.75) is 27.3 Å². The van der Waals surface area contributed by atoms with E-state index in [2.05, 4.69) is 38.0 Å². The number of hydrogen-bond donors (Lipinski definition) is 1. The summed E-state index contributed by atoms with van der Waals surface area (Å²) in [6.07, 6.45) is 0. The number of rotatable bonds is 3. The maximum absolute atomic E-state index is 5.80. The molecule has 0 fully saturated rings. The number of ether oxygens (including phenoxy) is 1. The zero-order chi connectivity index (χ0) is 14.2. The Morgan fingerprint density at radius 2 is 1.79 bits per heavy atom. The van der Waals surface area contributed by atoms with Gasteiger partial charge in [-0.1, -0.05) is 0 Å². The summed E-state index contributed by atoms with van der Waals surface area (Å²) >= 11 is 0. The van der Waals surface area contributed by atoms with Crippen molar-refractivity contribution in [1.29, 1.82) is 0 Å². The molecule has 0 saturated heterocycles. The molecule has 4 nitrogen and oxygen atoms in total. The fraction of sp³-hybridized carbons (Fsp3) is 0.400. The molecule has 0 aliphatic heterocycles. The zero-order valence-corrected chi connectivity index (χ0v) is 12.2. The van der Waals surface area contributed by atoms with Crippen LogP contribution >= 0.6 is 0 Å². The Labute approximate surface area is 114 Å². The van der Waals surface area contributed by atoms with Crippen LogP contribution < -0.4 is 10.5 Å². The standard InChI is InChI=1S/C15H21N3O/c1-9-6-12(7-10(2)15(9)19-5)14-11(3)18(4)17-13(14)8-16/h6-7H,8,16H2,1-5H3. The second-order valence-electron chi connectivity index (χ2n) is 4.88. The van der Waals surface area contributed by atoms with Crippen molar-refractivity contribution >= 4 is 0 Å². The number of aromatic nitrogens is 2. The van der Waals surface area contributed by atoms with Gasteiger partial charge in [0.15, 0.2) is 0 Å². The predicted molar refractivity (Wildman–Crippen MR) is 77.3 cm³/mol. The lowest BCUT2D eigenvalue weighted by molar-refractivity contribution is 0.408. The number of hydrogen-bond acceptors (Lipinski definition) is 3. The van der Waals surface area contributed by atoms with E-state index in [4.69, 9.17) is 10.5 Å². The summed E-state index contributed by atoms with van der Waals surface area (Å²) in [7, 11) is 3.65. The summed E-state index contributed by atoms with van der Waals surface area (Å²) in [4.78, 5) is 0. The second kappa shape index (κ2) is 5.05. The highest BCUT2D eigenvalue weighted by Gasteiger charge is 2.15. The highest BCUT2D eigenvalue weighted by Crippen LogP contribution is 2.33. The van der Waals surface area contributed by atoms with Gasteiger partial charge in [-0.3, -0.25) is 4.68 Å². The van der Waals surface area contributed by atoms with Gasteiger partial charge in [0.05, 0.1) is 12.8 Å². The van der Waals surface area contributed by atoms with Crippen LogP contribution in [0.25, 0.3) is 11.1 Å². The molecule has 1 aromatic heterocycles. The average molecular weight is 259 g/mol. The Kier molecular flexibility index (Phi) is 3.62. The topological polar surface area (TPSA) is 53.1 Å². The lowest BCUT2D eigenvalue weighted by atomic mass is 9.98. The van der Waals surface area contributed by atoms with E-state index >= 15 is 0 Å². The summed E-state index contributed by atoms with van der Waals surface area (Å²) in [6, 6.07) is 4.27. The van der Waals surface area contributed by atoms with Gasteiger partial charge in [-0.15, -0.1) is 0 Å². The Balaban J connectivity index is 2.66. The number of nitrogens with two attached hydrogens (primary N) is 1. The molecule has 0 bridgehead atoms. The van der Waals surface area contributed by atoms with Crippen molar-refractivity contribution in [3.05, 3.63) is 34.6 Å². The first-order chi connectivity index (χ1) is 8.99. The molecule has 1 aromatic carbocycles. The maximum atomic E-state index is 5.80. The molecule has 0 aliphatic rings. The van der Waals surface area contributed by atoms with Crippen molar-refractivity contribution < 1.29 is 4.74 Å². The van der Waals surface area contributed by atoms with Gasteiger partial charge in [0.25, 0.3) is 0 Å². The molecule has 0 amide bonds. The van der Waals surface area contributed by atoms with Crippen molar-refractivity contribution in [3.8, 4) is 16.9 Å². The largest absolute Gasteiger partial charge is 0.496 e. The molecule has 2 aromatic rings. The van der Waals surface area contributed by atoms with E-state index in [0.29, 0.717) is 6.54 Å². The van der Waals surface area contributed by atoms with E-state index in [0.717, 1.165) is 39.4 Å². The molecule has 0 unspecified atom stereocenters. The van der Waals surface area contributed by atoms with Crippen LogP contribution in [0.3, 0.4) is 0 Å². The quantitative estimate of drug-likeness (QED) is 0.921. The van der Waals surface area contributed by atoms with E-state index < -0.39 is 0 Å². The molecule has 0 saturated carbocycles. The number of methoxy groups -OCH3 is 1. The fourth-order valence-corrected chi connectivity index (χ4v) is 2.61. The van der Waals surface area contributed by atoms with E-state index in [1.54, 1.807) is 7.11 Å². The molecule has 19 heavy (non-hydrogen) atoms. The Morgan fingerprint density at radius 3 is 2.26 bits per heavy atom. The van der Waals surface area contributed by atoms with Crippen LogP contribution in [0.2, 0.25) is 0 Å². The minimum atomic E-state index is 0.446. The lowest BCUT2D eigenvalue weighted by Gasteiger charge is -2.12. The molecule has 0 spiro atoms. The number of aryl methyl sites for hydroxylation is 3. The summed E-state index contributed by atoms with van der Waals surface area (Å²) < 4.78 is 7.29. The third-order valence-electron chi connectivity index (χ3n) is 3.55. The molecular formula is C15H21N3O. The molecule has 102 valence electrons. The van der Waals surface area contributed by atoms with Gasteiger partial charge in [0.1, 0.15) is 5.75 Å². The lowest BCUT2D eigenvalue weighted by Crippen LogP contribution is -2.00. The van der Waals surface area contributed by atoms with Crippen molar-refractivity contribution in [2.24, 2.45) is 12.8 Å². The molecule has 2 N–H and O–H groups in total. The van der Waals surface area contributed by atoms with Gasteiger partial charge in [0, 0.05) is 24.8 Å². The monoisotopic (exact) mass is 259 g/mol. The van der Waals surface area contributed by atoms with Gasteiger partial charge in [-0.25, -0.2) is 0 Å². The van der Waals surface area contributed by atoms with Gasteiger partial charge >= 0.3 is 0 Å². The molecule has 0 atom stereocenters. The molecular weight excluding hydrogens is 238 g/mol. The second-order valence-corrected chi connectivity index (χ2v) is 4.88. The molecule has 4 heteroatoms. The first-order valence-electron chi connectivity index (χ1n) is 6.37. The van der Waals surface area contributed by atoms with Gasteiger partial charge in [-0.05, 0) is 49.6 Å². The predicted octanol–water partition coefficient (Wildman–Crippen LogP) is 2.48. The van der Waals surface area contributed by atoms with Crippen molar-refractivity contribution in [2.75, 3.05) is 7.11 Å². The van der Waals surface area contributed by atoms with Crippen LogP contribution in [-0.2, 0) is 13.6 Å². The van der Waals surface area contributed by atoms with E-state index in [-0.39, 0.29) is 0 Å². The minimum absolute atomic E-state index is 0.446.